The number of rotatable bonds is 9. The number of amides is 1. The summed E-state index contributed by atoms with van der Waals surface area (Å²) in [5.41, 5.74) is 4.42. The molecule has 1 aliphatic rings. The van der Waals surface area contributed by atoms with Gasteiger partial charge in [0.1, 0.15) is 18.1 Å². The van der Waals surface area contributed by atoms with Gasteiger partial charge in [0.25, 0.3) is 5.78 Å². The van der Waals surface area contributed by atoms with Gasteiger partial charge < -0.3 is 9.84 Å². The summed E-state index contributed by atoms with van der Waals surface area (Å²) in [7, 11) is 0. The van der Waals surface area contributed by atoms with Gasteiger partial charge in [-0.25, -0.2) is 0 Å². The third-order valence-electron chi connectivity index (χ3n) is 7.05. The first-order chi connectivity index (χ1) is 21.4. The molecule has 1 atom stereocenters. The van der Waals surface area contributed by atoms with Crippen LogP contribution in [0.25, 0.3) is 5.76 Å². The molecule has 0 saturated carbocycles. The number of carbonyl (C=O) groups excluding carboxylic acids is 2. The number of ether oxygens (including phenoxy) is 1. The van der Waals surface area contributed by atoms with E-state index in [0.717, 1.165) is 20.3 Å². The van der Waals surface area contributed by atoms with E-state index in [4.69, 9.17) is 4.74 Å². The lowest BCUT2D eigenvalue weighted by Crippen LogP contribution is -2.29. The van der Waals surface area contributed by atoms with Gasteiger partial charge in [-0.3, -0.25) is 14.5 Å². The van der Waals surface area contributed by atoms with E-state index in [1.165, 1.54) is 28.0 Å². The van der Waals surface area contributed by atoms with Crippen molar-refractivity contribution in [2.24, 2.45) is 0 Å². The molecule has 220 valence electrons. The Hall–Kier alpha value is -4.00. The van der Waals surface area contributed by atoms with Crippen molar-refractivity contribution >= 4 is 68.3 Å². The van der Waals surface area contributed by atoms with Crippen molar-refractivity contribution in [3.8, 4) is 5.75 Å². The molecule has 7 nitrogen and oxygen atoms in total. The van der Waals surface area contributed by atoms with Gasteiger partial charge in [-0.1, -0.05) is 95.4 Å². The van der Waals surface area contributed by atoms with E-state index >= 15 is 0 Å². The molecule has 2 heterocycles. The Morgan fingerprint density at radius 1 is 0.932 bits per heavy atom. The van der Waals surface area contributed by atoms with E-state index in [9.17, 15) is 14.7 Å². The van der Waals surface area contributed by atoms with Crippen molar-refractivity contribution in [2.45, 2.75) is 29.7 Å². The molecule has 1 aliphatic heterocycles. The number of anilines is 1. The largest absolute Gasteiger partial charge is 0.507 e. The summed E-state index contributed by atoms with van der Waals surface area (Å²) in [5, 5.41) is 20.4. The second kappa shape index (κ2) is 13.3. The highest BCUT2D eigenvalue weighted by Gasteiger charge is 2.48. The monoisotopic (exact) mass is 731 g/mol. The average molecular weight is 732 g/mol. The summed E-state index contributed by atoms with van der Waals surface area (Å²) in [6.07, 6.45) is 0. The van der Waals surface area contributed by atoms with Crippen molar-refractivity contribution < 1.29 is 19.4 Å². The average Bonchev–Trinajstić information content (AvgIpc) is 3.61. The van der Waals surface area contributed by atoms with Gasteiger partial charge in [0.05, 0.1) is 11.6 Å². The molecule has 0 bridgehead atoms. The summed E-state index contributed by atoms with van der Waals surface area (Å²) in [5.74, 6) is -0.488. The molecule has 0 spiro atoms. The molecule has 1 saturated heterocycles. The Bertz CT molecular complexity index is 1840. The zero-order valence-corrected chi connectivity index (χ0v) is 27.3. The number of hydrogen-bond acceptors (Lipinski definition) is 8. The van der Waals surface area contributed by atoms with Gasteiger partial charge in [0, 0.05) is 14.9 Å². The topological polar surface area (TPSA) is 92.6 Å². The third-order valence-corrected chi connectivity index (χ3v) is 9.90. The Kier molecular flexibility index (Phi) is 9.10. The number of nitrogens with zero attached hydrogens (tertiary/aromatic N) is 3. The van der Waals surface area contributed by atoms with Crippen LogP contribution >= 0.6 is 45.7 Å². The number of aryl methyl sites for hydroxylation is 1. The second-order valence-corrected chi connectivity index (χ2v) is 13.6. The number of Topliss-reactive ketones (excluding diaryl/α,β-unsaturated/α-hetero) is 1. The van der Waals surface area contributed by atoms with Crippen molar-refractivity contribution in [3.05, 3.63) is 140 Å². The molecular formula is C34H26IN3O4S2. The maximum absolute atomic E-state index is 13.5. The molecule has 5 aromatic rings. The Morgan fingerprint density at radius 3 is 2.39 bits per heavy atom. The van der Waals surface area contributed by atoms with Gasteiger partial charge in [-0.15, -0.1) is 10.2 Å². The minimum absolute atomic E-state index is 0.00155. The van der Waals surface area contributed by atoms with Crippen LogP contribution in [0.15, 0.2) is 113 Å². The summed E-state index contributed by atoms with van der Waals surface area (Å²) >= 11 is 4.96. The molecule has 1 fully saturated rings. The Balaban J connectivity index is 1.30. The molecule has 0 radical (unpaired) electrons. The van der Waals surface area contributed by atoms with E-state index in [0.29, 0.717) is 38.7 Å². The zero-order chi connectivity index (χ0) is 30.6. The van der Waals surface area contributed by atoms with Crippen LogP contribution in [-0.2, 0) is 21.9 Å². The number of aromatic nitrogens is 2. The number of halogens is 1. The number of ketones is 1. The van der Waals surface area contributed by atoms with Crippen LogP contribution < -0.4 is 9.64 Å². The Morgan fingerprint density at radius 2 is 1.66 bits per heavy atom. The van der Waals surface area contributed by atoms with Crippen molar-refractivity contribution in [1.29, 1.82) is 0 Å². The number of aliphatic hydroxyl groups is 1. The molecule has 6 rings (SSSR count). The van der Waals surface area contributed by atoms with Crippen LogP contribution in [0.2, 0.25) is 0 Å². The first kappa shape index (κ1) is 30.0. The van der Waals surface area contributed by atoms with E-state index < -0.39 is 17.7 Å². The second-order valence-electron chi connectivity index (χ2n) is 10.1. The molecule has 1 aromatic heterocycles. The smallest absolute Gasteiger partial charge is 0.301 e. The summed E-state index contributed by atoms with van der Waals surface area (Å²) in [6.45, 7) is 2.43. The minimum Gasteiger partial charge on any atom is -0.507 e. The predicted octanol–water partition coefficient (Wildman–Crippen LogP) is 7.95. The molecule has 4 aromatic carbocycles. The van der Waals surface area contributed by atoms with Gasteiger partial charge in [0.15, 0.2) is 4.34 Å². The molecule has 1 amide bonds. The molecule has 10 heteroatoms. The van der Waals surface area contributed by atoms with Crippen LogP contribution in [0.1, 0.15) is 33.9 Å². The quantitative estimate of drug-likeness (QED) is 0.0411. The van der Waals surface area contributed by atoms with Gasteiger partial charge in [-0.05, 0) is 82.6 Å². The van der Waals surface area contributed by atoms with Crippen LogP contribution in [0, 0.1) is 10.5 Å². The van der Waals surface area contributed by atoms with E-state index in [-0.39, 0.29) is 11.3 Å². The van der Waals surface area contributed by atoms with Crippen molar-refractivity contribution in [2.75, 3.05) is 4.90 Å². The number of hydrogen-bond donors (Lipinski definition) is 1. The zero-order valence-electron chi connectivity index (χ0n) is 23.5. The third kappa shape index (κ3) is 6.57. The predicted molar refractivity (Wildman–Crippen MR) is 182 cm³/mol. The first-order valence-corrected chi connectivity index (χ1v) is 16.6. The first-order valence-electron chi connectivity index (χ1n) is 13.7. The van der Waals surface area contributed by atoms with Crippen LogP contribution in [0.5, 0.6) is 5.75 Å². The van der Waals surface area contributed by atoms with Crippen molar-refractivity contribution in [1.82, 2.24) is 10.2 Å². The fraction of sp³-hybridized carbons (Fsp3) is 0.118. The van der Waals surface area contributed by atoms with E-state index in [1.807, 2.05) is 79.7 Å². The van der Waals surface area contributed by atoms with Gasteiger partial charge in [-0.2, -0.15) is 0 Å². The highest BCUT2D eigenvalue weighted by molar-refractivity contribution is 14.1. The molecular weight excluding hydrogens is 705 g/mol. The standard InChI is InChI=1S/C34H26IN3O4S2/c1-21-6-5-9-23(18-21)19-42-27-16-12-25(13-17-27)30(39)28-29(24-10-14-26(35)15-11-24)38(32(41)31(28)40)33-36-37-34(44-33)43-20-22-7-3-2-4-8-22/h2-18,29,39H,19-20H2,1H3. The number of thioether (sulfide) groups is 1. The highest BCUT2D eigenvalue weighted by atomic mass is 127. The number of aliphatic hydroxyl groups excluding tert-OH is 1. The van der Waals surface area contributed by atoms with Gasteiger partial charge in [0.2, 0.25) is 5.13 Å². The van der Waals surface area contributed by atoms with Crippen LogP contribution in [-0.4, -0.2) is 27.0 Å². The molecule has 0 aliphatic carbocycles. The SMILES string of the molecule is Cc1cccc(COc2ccc(C(O)=C3C(=O)C(=O)N(c4nnc(SCc5ccccc5)s4)C3c3ccc(I)cc3)cc2)c1. The fourth-order valence-corrected chi connectivity index (χ4v) is 7.08. The van der Waals surface area contributed by atoms with E-state index in [2.05, 4.69) is 38.9 Å². The lowest BCUT2D eigenvalue weighted by atomic mass is 9.95. The molecule has 1 N–H and O–H groups in total. The van der Waals surface area contributed by atoms with Crippen molar-refractivity contribution in [3.63, 3.8) is 0 Å². The maximum atomic E-state index is 13.5. The van der Waals surface area contributed by atoms with Crippen LogP contribution in [0.3, 0.4) is 0 Å². The Labute approximate surface area is 276 Å². The fourth-order valence-electron chi connectivity index (χ4n) is 4.90. The summed E-state index contributed by atoms with van der Waals surface area (Å²) in [4.78, 5) is 28.4. The highest BCUT2D eigenvalue weighted by Crippen LogP contribution is 2.44. The van der Waals surface area contributed by atoms with Gasteiger partial charge >= 0.3 is 5.91 Å². The summed E-state index contributed by atoms with van der Waals surface area (Å²) in [6, 6.07) is 31.6. The minimum atomic E-state index is -0.871. The molecule has 1 unspecified atom stereocenters. The number of carbonyl (C=O) groups is 2. The number of benzene rings is 4. The van der Waals surface area contributed by atoms with E-state index in [1.54, 1.807) is 24.3 Å². The lowest BCUT2D eigenvalue weighted by molar-refractivity contribution is -0.132. The molecule has 44 heavy (non-hydrogen) atoms. The normalized spacial score (nSPS) is 16.0. The van der Waals surface area contributed by atoms with Crippen LogP contribution in [0.4, 0.5) is 5.13 Å². The summed E-state index contributed by atoms with van der Waals surface area (Å²) < 4.78 is 7.60. The lowest BCUT2D eigenvalue weighted by Gasteiger charge is -2.22. The maximum Gasteiger partial charge on any atom is 0.301 e.